The van der Waals surface area contributed by atoms with Gasteiger partial charge in [0, 0.05) is 0 Å². The molecule has 3 nitrogen and oxygen atoms in total. The fraction of sp³-hybridized carbons (Fsp3) is 0. The van der Waals surface area contributed by atoms with Crippen molar-refractivity contribution in [2.45, 2.75) is 0 Å². The zero-order valence-corrected chi connectivity index (χ0v) is 6.66. The van der Waals surface area contributed by atoms with Gasteiger partial charge in [-0.2, -0.15) is 0 Å². The van der Waals surface area contributed by atoms with Crippen LogP contribution in [0.1, 0.15) is 0 Å². The van der Waals surface area contributed by atoms with Crippen LogP contribution in [0.2, 0.25) is 0 Å². The topological polar surface area (TPSA) is 50.2 Å². The maximum atomic E-state index is 8.36. The van der Waals surface area contributed by atoms with Crippen LogP contribution >= 0.6 is 0 Å². The first-order chi connectivity index (χ1) is 3.91. The van der Waals surface area contributed by atoms with Crippen LogP contribution in [0.3, 0.4) is 0 Å². The van der Waals surface area contributed by atoms with E-state index in [0.29, 0.717) is 14.5 Å². The van der Waals surface area contributed by atoms with Crippen molar-refractivity contribution >= 4 is 21.0 Å². The predicted octanol–water partition coefficient (Wildman–Crippen LogP) is -3.36. The predicted molar refractivity (Wildman–Crippen MR) is 28.7 cm³/mol. The third kappa shape index (κ3) is 11.5. The molecule has 0 saturated carbocycles. The van der Waals surface area contributed by atoms with Gasteiger partial charge in [-0.3, -0.25) is 4.79 Å². The molecule has 1 N–H and O–H groups in total. The summed E-state index contributed by atoms with van der Waals surface area (Å²) in [6.07, 6.45) is 1.71. The van der Waals surface area contributed by atoms with Gasteiger partial charge in [0.2, 0.25) is 0 Å². The normalized spacial score (nSPS) is 5.78. The van der Waals surface area contributed by atoms with E-state index in [1.165, 1.54) is 0 Å². The van der Waals surface area contributed by atoms with Crippen molar-refractivity contribution in [1.29, 1.82) is 0 Å². The molecule has 44 valence electrons. The number of nitrogens with zero attached hydrogens (tertiary/aromatic N) is 1. The number of rotatable bonds is 0. The molecule has 0 aromatic carbocycles. The summed E-state index contributed by atoms with van der Waals surface area (Å²) in [5.74, 6) is 0. The summed E-state index contributed by atoms with van der Waals surface area (Å²) in [4.78, 5) is 15.0. The Morgan fingerprint density at radius 1 is 1.78 bits per heavy atom. The van der Waals surface area contributed by atoms with Crippen LogP contribution in [0.5, 0.6) is 0 Å². The maximum absolute atomic E-state index is 8.36. The molecular weight excluding hydrogens is 180 g/mol. The standard InChI is InChI=1S/C3H2NSe.CH2O2.Li/c1-2-5-3-4-1;2-1-3;/h1,3H;1H,(H,2,3);/q-1;;+1. The van der Waals surface area contributed by atoms with Gasteiger partial charge in [0.1, 0.15) is 0 Å². The zero-order valence-electron chi connectivity index (χ0n) is 4.94. The van der Waals surface area contributed by atoms with E-state index in [9.17, 15) is 0 Å². The Balaban J connectivity index is 0. The summed E-state index contributed by atoms with van der Waals surface area (Å²) in [5.41, 5.74) is 0. The molecule has 0 unspecified atom stereocenters. The molecule has 0 amide bonds. The van der Waals surface area contributed by atoms with E-state index in [1.807, 2.05) is 5.07 Å². The molecule has 0 atom stereocenters. The van der Waals surface area contributed by atoms with Gasteiger partial charge >= 0.3 is 54.6 Å². The fourth-order valence-corrected chi connectivity index (χ4v) is 0.791. The summed E-state index contributed by atoms with van der Waals surface area (Å²) in [5, 5.41) is 8.77. The number of hydrogen-bond donors (Lipinski definition) is 1. The van der Waals surface area contributed by atoms with Crippen molar-refractivity contribution in [3.8, 4) is 0 Å². The van der Waals surface area contributed by atoms with Gasteiger partial charge in [0.05, 0.1) is 0 Å². The van der Waals surface area contributed by atoms with E-state index in [-0.39, 0.29) is 25.3 Å². The monoisotopic (exact) mass is 185 g/mol. The third-order valence-corrected chi connectivity index (χ3v) is 1.29. The molecule has 0 saturated heterocycles. The van der Waals surface area contributed by atoms with Crippen molar-refractivity contribution < 1.29 is 28.8 Å². The first-order valence-corrected chi connectivity index (χ1v) is 3.58. The second-order valence-electron chi connectivity index (χ2n) is 0.725. The number of carboxylic acid groups (broad SMARTS) is 1. The third-order valence-electron chi connectivity index (χ3n) is 0.309. The molecule has 0 bridgehead atoms. The van der Waals surface area contributed by atoms with Crippen molar-refractivity contribution in [2.75, 3.05) is 0 Å². The van der Waals surface area contributed by atoms with E-state index in [2.05, 4.69) is 9.92 Å². The zero-order chi connectivity index (χ0) is 6.24. The van der Waals surface area contributed by atoms with Crippen molar-refractivity contribution in [3.63, 3.8) is 0 Å². The molecule has 0 aliphatic heterocycles. The van der Waals surface area contributed by atoms with E-state index in [4.69, 9.17) is 9.90 Å². The first-order valence-electron chi connectivity index (χ1n) is 1.74. The second kappa shape index (κ2) is 10.9. The molecule has 0 fully saturated rings. The van der Waals surface area contributed by atoms with E-state index in [1.54, 1.807) is 6.20 Å². The summed E-state index contributed by atoms with van der Waals surface area (Å²) in [6, 6.07) is 0. The van der Waals surface area contributed by atoms with Crippen molar-refractivity contribution in [2.24, 2.45) is 0 Å². The van der Waals surface area contributed by atoms with Gasteiger partial charge in [-0.15, -0.1) is 0 Å². The Kier molecular flexibility index (Phi) is 14.2. The SMILES string of the molecule is O=CO.[Li+].[c-]1cnc[se]1. The van der Waals surface area contributed by atoms with Gasteiger partial charge in [-0.25, -0.2) is 0 Å². The van der Waals surface area contributed by atoms with Gasteiger partial charge in [0.25, 0.3) is 6.47 Å². The Morgan fingerprint density at radius 3 is 2.44 bits per heavy atom. The van der Waals surface area contributed by atoms with Gasteiger partial charge < -0.3 is 5.11 Å². The Bertz CT molecular complexity index is 105. The molecule has 0 radical (unpaired) electrons. The molecule has 1 aromatic rings. The molecule has 1 heterocycles. The summed E-state index contributed by atoms with van der Waals surface area (Å²) < 4.78 is 0. The molecule has 9 heavy (non-hydrogen) atoms. The van der Waals surface area contributed by atoms with Crippen LogP contribution < -0.4 is 18.9 Å². The Hall–Kier alpha value is -0.00312. The van der Waals surface area contributed by atoms with Gasteiger partial charge in [0.15, 0.2) is 0 Å². The van der Waals surface area contributed by atoms with Crippen molar-refractivity contribution in [3.05, 3.63) is 16.2 Å². The van der Waals surface area contributed by atoms with Crippen LogP contribution in [0.4, 0.5) is 0 Å². The van der Waals surface area contributed by atoms with E-state index >= 15 is 0 Å². The summed E-state index contributed by atoms with van der Waals surface area (Å²) in [6.45, 7) is -0.250. The van der Waals surface area contributed by atoms with Gasteiger partial charge in [-0.1, -0.05) is 0 Å². The molecule has 0 aliphatic rings. The summed E-state index contributed by atoms with van der Waals surface area (Å²) in [7, 11) is 0. The molecule has 0 aliphatic carbocycles. The second-order valence-corrected chi connectivity index (χ2v) is 2.16. The average molecular weight is 184 g/mol. The summed E-state index contributed by atoms with van der Waals surface area (Å²) >= 11 is 0.472. The quantitative estimate of drug-likeness (QED) is 0.260. The van der Waals surface area contributed by atoms with Crippen LogP contribution in [0.25, 0.3) is 0 Å². The molecule has 1 aromatic heterocycles. The van der Waals surface area contributed by atoms with Crippen LogP contribution in [-0.4, -0.2) is 31.1 Å². The number of hydrogen-bond acceptors (Lipinski definition) is 2. The van der Waals surface area contributed by atoms with Crippen molar-refractivity contribution in [1.82, 2.24) is 4.98 Å². The number of aromatic nitrogens is 1. The Labute approximate surface area is 71.0 Å². The minimum absolute atomic E-state index is 0. The first kappa shape index (κ1) is 11.8. The minimum atomic E-state index is -0.250. The van der Waals surface area contributed by atoms with Crippen LogP contribution in [0, 0.1) is 4.94 Å². The Morgan fingerprint density at radius 2 is 2.33 bits per heavy atom. The molecular formula is C4H4LiNO2Se. The van der Waals surface area contributed by atoms with Crippen LogP contribution in [-0.2, 0) is 4.79 Å². The van der Waals surface area contributed by atoms with Gasteiger partial charge in [-0.05, 0) is 0 Å². The average Bonchev–Trinajstić information content (AvgIpc) is 2.17. The van der Waals surface area contributed by atoms with Crippen LogP contribution in [0.15, 0.2) is 11.3 Å². The fourth-order valence-electron chi connectivity index (χ4n) is 0.152. The van der Waals surface area contributed by atoms with E-state index < -0.39 is 0 Å². The molecule has 5 heteroatoms. The number of carbonyl (C=O) groups is 1. The molecule has 1 rings (SSSR count). The van der Waals surface area contributed by atoms with E-state index in [0.717, 1.165) is 0 Å². The molecule has 0 spiro atoms.